The summed E-state index contributed by atoms with van der Waals surface area (Å²) in [5, 5.41) is 4.39. The Morgan fingerprint density at radius 2 is 1.47 bits per heavy atom. The molecule has 1 atom stereocenters. The van der Waals surface area contributed by atoms with Crippen LogP contribution >= 0.6 is 57.1 Å². The van der Waals surface area contributed by atoms with Crippen molar-refractivity contribution < 1.29 is 0 Å². The third-order valence-electron chi connectivity index (χ3n) is 5.86. The van der Waals surface area contributed by atoms with E-state index in [2.05, 4.69) is 66.3 Å². The Labute approximate surface area is 222 Å². The average molecular weight is 541 g/mol. The molecule has 0 fully saturated rings. The van der Waals surface area contributed by atoms with Crippen LogP contribution < -0.4 is 11.5 Å². The number of thiophene rings is 4. The molecule has 1 aliphatic rings. The van der Waals surface area contributed by atoms with Gasteiger partial charge in [-0.2, -0.15) is 0 Å². The molecular formula is C27H28N2S5. The quantitative estimate of drug-likeness (QED) is 0.224. The van der Waals surface area contributed by atoms with E-state index in [0.29, 0.717) is 19.0 Å². The zero-order chi connectivity index (χ0) is 23.5. The van der Waals surface area contributed by atoms with Crippen LogP contribution in [0.2, 0.25) is 0 Å². The molecule has 5 heterocycles. The molecule has 4 aromatic rings. The van der Waals surface area contributed by atoms with Crippen LogP contribution in [0.5, 0.6) is 0 Å². The molecule has 0 spiro atoms. The summed E-state index contributed by atoms with van der Waals surface area (Å²) >= 11 is 9.34. The van der Waals surface area contributed by atoms with Gasteiger partial charge in [-0.05, 0) is 90.5 Å². The van der Waals surface area contributed by atoms with Crippen LogP contribution in [0.15, 0.2) is 59.3 Å². The van der Waals surface area contributed by atoms with Crippen molar-refractivity contribution in [2.75, 3.05) is 13.1 Å². The molecule has 0 radical (unpaired) electrons. The highest BCUT2D eigenvalue weighted by atomic mass is 32.2. The number of rotatable bonds is 9. The van der Waals surface area contributed by atoms with Gasteiger partial charge in [0.05, 0.1) is 0 Å². The summed E-state index contributed by atoms with van der Waals surface area (Å²) in [6.07, 6.45) is 7.68. The van der Waals surface area contributed by atoms with Gasteiger partial charge in [-0.1, -0.05) is 36.9 Å². The van der Waals surface area contributed by atoms with Gasteiger partial charge in [-0.3, -0.25) is 0 Å². The lowest BCUT2D eigenvalue weighted by Gasteiger charge is -2.12. The molecule has 176 valence electrons. The minimum atomic E-state index is 0.533. The SMILES string of the molecule is CCC1C=CSC(c2cc(CCN)c(-c3ccc(-c4sc(-c5cccs5)cc4CCN)s3)s2)=C1. The van der Waals surface area contributed by atoms with Crippen molar-refractivity contribution >= 4 is 62.0 Å². The Balaban J connectivity index is 1.50. The largest absolute Gasteiger partial charge is 0.330 e. The molecule has 0 amide bonds. The molecule has 1 unspecified atom stereocenters. The average Bonchev–Trinajstić information content (AvgIpc) is 3.65. The second-order valence-corrected chi connectivity index (χ2v) is 13.3. The summed E-state index contributed by atoms with van der Waals surface area (Å²) in [5.74, 6) is 0.533. The van der Waals surface area contributed by atoms with E-state index in [1.165, 1.54) is 50.2 Å². The normalized spacial score (nSPS) is 15.7. The number of nitrogens with two attached hydrogens (primary N) is 2. The molecule has 0 aliphatic carbocycles. The standard InChI is InChI=1S/C27H28N2S5/c1-2-17-9-13-31-23(14-17)25-16-19(8-11-29)27(34-25)22-6-5-21(32-22)26-18(7-10-28)15-24(33-26)20-4-3-12-30-20/h3-6,9,12-17H,2,7-8,10-11,28-29H2,1H3. The second kappa shape index (κ2) is 11.1. The zero-order valence-electron chi connectivity index (χ0n) is 19.1. The fraction of sp³-hybridized carbons (Fsp3) is 0.259. The van der Waals surface area contributed by atoms with E-state index in [0.717, 1.165) is 19.3 Å². The highest BCUT2D eigenvalue weighted by molar-refractivity contribution is 8.11. The fourth-order valence-electron chi connectivity index (χ4n) is 4.10. The second-order valence-electron chi connectivity index (χ2n) is 8.20. The van der Waals surface area contributed by atoms with Gasteiger partial charge in [0.25, 0.3) is 0 Å². The van der Waals surface area contributed by atoms with Crippen molar-refractivity contribution in [2.24, 2.45) is 17.4 Å². The highest BCUT2D eigenvalue weighted by Crippen LogP contribution is 2.48. The molecule has 7 heteroatoms. The van der Waals surface area contributed by atoms with Crippen molar-refractivity contribution in [1.82, 2.24) is 0 Å². The first kappa shape index (κ1) is 24.3. The fourth-order valence-corrected chi connectivity index (χ4v) is 9.69. The molecule has 2 nitrogen and oxygen atoms in total. The molecule has 34 heavy (non-hydrogen) atoms. The van der Waals surface area contributed by atoms with E-state index in [4.69, 9.17) is 11.5 Å². The minimum absolute atomic E-state index is 0.533. The maximum absolute atomic E-state index is 6.01. The van der Waals surface area contributed by atoms with Gasteiger partial charge in [-0.15, -0.1) is 45.3 Å². The molecule has 0 bridgehead atoms. The Bertz CT molecular complexity index is 1300. The molecule has 1 aliphatic heterocycles. The van der Waals surface area contributed by atoms with Crippen LogP contribution in [0.4, 0.5) is 0 Å². The number of thioether (sulfide) groups is 1. The van der Waals surface area contributed by atoms with Gasteiger partial charge in [0.15, 0.2) is 0 Å². The van der Waals surface area contributed by atoms with Gasteiger partial charge in [0, 0.05) is 39.0 Å². The summed E-state index contributed by atoms with van der Waals surface area (Å²) in [4.78, 5) is 10.8. The summed E-state index contributed by atoms with van der Waals surface area (Å²) in [5.41, 5.74) is 14.7. The Hall–Kier alpha value is -1.45. The lowest BCUT2D eigenvalue weighted by molar-refractivity contribution is 0.777. The maximum atomic E-state index is 6.01. The Morgan fingerprint density at radius 1 is 0.794 bits per heavy atom. The van der Waals surface area contributed by atoms with Crippen molar-refractivity contribution in [1.29, 1.82) is 0 Å². The lowest BCUT2D eigenvalue weighted by atomic mass is 10.1. The lowest BCUT2D eigenvalue weighted by Crippen LogP contribution is -2.02. The summed E-state index contributed by atoms with van der Waals surface area (Å²) in [6, 6.07) is 13.6. The number of allylic oxidation sites excluding steroid dienone is 2. The smallest absolute Gasteiger partial charge is 0.0482 e. The van der Waals surface area contributed by atoms with Gasteiger partial charge in [0.2, 0.25) is 0 Å². The molecular weight excluding hydrogens is 513 g/mol. The third-order valence-corrected chi connectivity index (χ3v) is 11.8. The third kappa shape index (κ3) is 5.07. The molecule has 0 aromatic carbocycles. The molecule has 5 rings (SSSR count). The van der Waals surface area contributed by atoms with E-state index in [1.54, 1.807) is 11.3 Å². The minimum Gasteiger partial charge on any atom is -0.330 e. The van der Waals surface area contributed by atoms with E-state index >= 15 is 0 Å². The van der Waals surface area contributed by atoms with Crippen LogP contribution in [0.3, 0.4) is 0 Å². The Kier molecular flexibility index (Phi) is 7.90. The zero-order valence-corrected chi connectivity index (χ0v) is 23.2. The van der Waals surface area contributed by atoms with Crippen molar-refractivity contribution in [3.05, 3.63) is 75.3 Å². The van der Waals surface area contributed by atoms with Crippen LogP contribution in [0.1, 0.15) is 29.3 Å². The van der Waals surface area contributed by atoms with Crippen LogP contribution in [0, 0.1) is 5.92 Å². The topological polar surface area (TPSA) is 52.0 Å². The molecule has 4 aromatic heterocycles. The van der Waals surface area contributed by atoms with E-state index < -0.39 is 0 Å². The van der Waals surface area contributed by atoms with E-state index in [1.807, 2.05) is 45.8 Å². The maximum Gasteiger partial charge on any atom is 0.0482 e. The van der Waals surface area contributed by atoms with E-state index in [-0.39, 0.29) is 0 Å². The highest BCUT2D eigenvalue weighted by Gasteiger charge is 2.19. The van der Waals surface area contributed by atoms with Crippen LogP contribution in [0.25, 0.3) is 34.2 Å². The van der Waals surface area contributed by atoms with Crippen LogP contribution in [-0.2, 0) is 12.8 Å². The summed E-state index contributed by atoms with van der Waals surface area (Å²) < 4.78 is 0. The number of hydrogen-bond acceptors (Lipinski definition) is 7. The van der Waals surface area contributed by atoms with Gasteiger partial charge < -0.3 is 11.5 Å². The molecule has 4 N–H and O–H groups in total. The predicted octanol–water partition coefficient (Wildman–Crippen LogP) is 8.56. The monoisotopic (exact) mass is 540 g/mol. The summed E-state index contributed by atoms with van der Waals surface area (Å²) in [6.45, 7) is 3.58. The first-order valence-corrected chi connectivity index (χ1v) is 15.8. The van der Waals surface area contributed by atoms with Gasteiger partial charge in [0.1, 0.15) is 0 Å². The van der Waals surface area contributed by atoms with Crippen molar-refractivity contribution in [3.63, 3.8) is 0 Å². The first-order valence-electron chi connectivity index (χ1n) is 11.6. The Morgan fingerprint density at radius 3 is 2.09 bits per heavy atom. The van der Waals surface area contributed by atoms with Crippen molar-refractivity contribution in [2.45, 2.75) is 26.2 Å². The molecule has 0 saturated carbocycles. The number of hydrogen-bond donors (Lipinski definition) is 2. The van der Waals surface area contributed by atoms with Crippen molar-refractivity contribution in [3.8, 4) is 29.3 Å². The molecule has 0 saturated heterocycles. The van der Waals surface area contributed by atoms with Gasteiger partial charge >= 0.3 is 0 Å². The van der Waals surface area contributed by atoms with E-state index in [9.17, 15) is 0 Å². The predicted molar refractivity (Wildman–Crippen MR) is 158 cm³/mol. The van der Waals surface area contributed by atoms with Gasteiger partial charge in [-0.25, -0.2) is 0 Å². The van der Waals surface area contributed by atoms with Crippen LogP contribution in [-0.4, -0.2) is 13.1 Å². The summed E-state index contributed by atoms with van der Waals surface area (Å²) in [7, 11) is 0. The first-order chi connectivity index (χ1) is 16.7.